The number of benzene rings is 2. The van der Waals surface area contributed by atoms with Gasteiger partial charge in [-0.25, -0.2) is 9.79 Å². The van der Waals surface area contributed by atoms with Crippen LogP contribution >= 0.6 is 27.3 Å². The Hall–Kier alpha value is -3.96. The van der Waals surface area contributed by atoms with E-state index >= 15 is 0 Å². The predicted octanol–water partition coefficient (Wildman–Crippen LogP) is 4.87. The Bertz CT molecular complexity index is 1920. The first-order chi connectivity index (χ1) is 20.8. The van der Waals surface area contributed by atoms with Crippen molar-refractivity contribution in [3.05, 3.63) is 95.2 Å². The number of carbonyl (C=O) groups excluding carboxylic acids is 2. The summed E-state index contributed by atoms with van der Waals surface area (Å²) in [5.41, 5.74) is 2.88. The van der Waals surface area contributed by atoms with Crippen LogP contribution in [0.15, 0.2) is 74.2 Å². The molecule has 0 unspecified atom stereocenters. The first kappa shape index (κ1) is 30.5. The Morgan fingerprint density at radius 1 is 1.09 bits per heavy atom. The van der Waals surface area contributed by atoms with Crippen molar-refractivity contribution in [2.24, 2.45) is 4.99 Å². The molecule has 0 spiro atoms. The molecule has 0 bridgehead atoms. The van der Waals surface area contributed by atoms with Gasteiger partial charge in [-0.2, -0.15) is 0 Å². The smallest absolute Gasteiger partial charge is 0.338 e. The van der Waals surface area contributed by atoms with Gasteiger partial charge in [0, 0.05) is 32.7 Å². The van der Waals surface area contributed by atoms with Crippen LogP contribution in [0.5, 0.6) is 5.75 Å². The van der Waals surface area contributed by atoms with Crippen molar-refractivity contribution in [2.75, 3.05) is 20.3 Å². The molecule has 11 heteroatoms. The van der Waals surface area contributed by atoms with E-state index in [9.17, 15) is 14.4 Å². The normalized spacial score (nSPS) is 14.9. The Labute approximate surface area is 260 Å². The summed E-state index contributed by atoms with van der Waals surface area (Å²) in [6, 6.07) is 12.4. The van der Waals surface area contributed by atoms with E-state index in [1.807, 2.05) is 60.2 Å². The van der Waals surface area contributed by atoms with E-state index in [0.29, 0.717) is 44.9 Å². The highest BCUT2D eigenvalue weighted by Gasteiger charge is 2.36. The zero-order chi connectivity index (χ0) is 30.7. The van der Waals surface area contributed by atoms with Crippen molar-refractivity contribution < 1.29 is 23.8 Å². The van der Waals surface area contributed by atoms with Gasteiger partial charge in [0.2, 0.25) is 0 Å². The fourth-order valence-corrected chi connectivity index (χ4v) is 6.73. The van der Waals surface area contributed by atoms with Crippen LogP contribution in [0.4, 0.5) is 0 Å². The number of allylic oxidation sites excluding steroid dienone is 1. The Morgan fingerprint density at radius 2 is 1.86 bits per heavy atom. The number of rotatable bonds is 10. The molecule has 0 amide bonds. The molecule has 2 aromatic carbocycles. The van der Waals surface area contributed by atoms with Crippen molar-refractivity contribution in [3.63, 3.8) is 0 Å². The van der Waals surface area contributed by atoms with Gasteiger partial charge < -0.3 is 18.8 Å². The lowest BCUT2D eigenvalue weighted by Gasteiger charge is -2.27. The van der Waals surface area contributed by atoms with E-state index in [1.54, 1.807) is 31.6 Å². The zero-order valence-electron chi connectivity index (χ0n) is 24.4. The fraction of sp³-hybridized carbons (Fsp3) is 0.312. The van der Waals surface area contributed by atoms with E-state index in [4.69, 9.17) is 19.2 Å². The molecule has 1 atom stereocenters. The van der Waals surface area contributed by atoms with Gasteiger partial charge in [0.05, 0.1) is 36.1 Å². The first-order valence-corrected chi connectivity index (χ1v) is 15.7. The number of nitrogens with zero attached hydrogens (tertiary/aromatic N) is 3. The van der Waals surface area contributed by atoms with Crippen LogP contribution < -0.4 is 19.6 Å². The summed E-state index contributed by atoms with van der Waals surface area (Å²) in [7, 11) is 1.56. The summed E-state index contributed by atoms with van der Waals surface area (Å²) in [5.74, 6) is -0.325. The third-order valence-electron chi connectivity index (χ3n) is 7.09. The lowest BCUT2D eigenvalue weighted by Crippen LogP contribution is -2.40. The lowest BCUT2D eigenvalue weighted by molar-refractivity contribution is -0.143. The Kier molecular flexibility index (Phi) is 9.31. The third-order valence-corrected chi connectivity index (χ3v) is 8.57. The van der Waals surface area contributed by atoms with E-state index in [2.05, 4.69) is 15.9 Å². The average Bonchev–Trinajstić information content (AvgIpc) is 3.49. The number of fused-ring (bicyclic) bond motifs is 2. The molecule has 9 nitrogen and oxygen atoms in total. The average molecular weight is 667 g/mol. The zero-order valence-corrected chi connectivity index (χ0v) is 26.8. The number of esters is 2. The largest absolute Gasteiger partial charge is 0.496 e. The van der Waals surface area contributed by atoms with Crippen LogP contribution in [0.2, 0.25) is 0 Å². The highest BCUT2D eigenvalue weighted by Crippen LogP contribution is 2.38. The summed E-state index contributed by atoms with van der Waals surface area (Å²) in [6.45, 7) is 6.07. The molecule has 3 heterocycles. The molecule has 224 valence electrons. The number of ether oxygens (including phenoxy) is 3. The molecule has 0 radical (unpaired) electrons. The standard InChI is InChI=1S/C32H32BrN3O6S/c1-5-10-23-28(31(39)42-7-3)29(22-16-20(33)13-14-25(22)40-4)36-30(38)26(43-32(36)34-23)15-19-17-35(18-27(37)41-6-2)24-12-9-8-11-21(19)24/h8-9,11-17,29H,5-7,10,18H2,1-4H3/b26-15+/t29-/m1/s1. The van der Waals surface area contributed by atoms with E-state index in [-0.39, 0.29) is 24.7 Å². The van der Waals surface area contributed by atoms with Crippen LogP contribution in [0.25, 0.3) is 17.0 Å². The summed E-state index contributed by atoms with van der Waals surface area (Å²) in [5, 5.41) is 0.890. The molecule has 0 saturated carbocycles. The number of hydrogen-bond donors (Lipinski definition) is 0. The molecule has 0 saturated heterocycles. The topological polar surface area (TPSA) is 101 Å². The molecular formula is C32H32BrN3O6S. The molecule has 43 heavy (non-hydrogen) atoms. The van der Waals surface area contributed by atoms with E-state index in [1.165, 1.54) is 11.3 Å². The van der Waals surface area contributed by atoms with Crippen LogP contribution in [-0.2, 0) is 25.6 Å². The van der Waals surface area contributed by atoms with Crippen LogP contribution in [0.3, 0.4) is 0 Å². The Morgan fingerprint density at radius 3 is 2.58 bits per heavy atom. The Balaban J connectivity index is 1.76. The first-order valence-electron chi connectivity index (χ1n) is 14.1. The maximum atomic E-state index is 14.3. The maximum absolute atomic E-state index is 14.3. The number of methoxy groups -OCH3 is 1. The minimum atomic E-state index is -0.809. The van der Waals surface area contributed by atoms with Gasteiger partial charge in [0.15, 0.2) is 4.80 Å². The highest BCUT2D eigenvalue weighted by atomic mass is 79.9. The second-order valence-corrected chi connectivity index (χ2v) is 11.8. The third kappa shape index (κ3) is 5.96. The van der Waals surface area contributed by atoms with Crippen molar-refractivity contribution in [1.82, 2.24) is 9.13 Å². The predicted molar refractivity (Wildman–Crippen MR) is 169 cm³/mol. The number of thiazole rings is 1. The van der Waals surface area contributed by atoms with Crippen LogP contribution in [0.1, 0.15) is 50.8 Å². The van der Waals surface area contributed by atoms with Gasteiger partial charge in [0.25, 0.3) is 5.56 Å². The van der Waals surface area contributed by atoms with Gasteiger partial charge in [-0.1, -0.05) is 58.8 Å². The van der Waals surface area contributed by atoms with Crippen LogP contribution in [-0.4, -0.2) is 41.4 Å². The maximum Gasteiger partial charge on any atom is 0.338 e. The number of hydrogen-bond acceptors (Lipinski definition) is 8. The minimum Gasteiger partial charge on any atom is -0.496 e. The molecule has 0 N–H and O–H groups in total. The number of aromatic nitrogens is 2. The van der Waals surface area contributed by atoms with Crippen molar-refractivity contribution in [2.45, 2.75) is 46.2 Å². The quantitative estimate of drug-likeness (QED) is 0.224. The summed E-state index contributed by atoms with van der Waals surface area (Å²) < 4.78 is 21.0. The SMILES string of the molecule is CCCC1=C(C(=O)OCC)[C@@H](c2cc(Br)ccc2OC)n2c(s/c(=C/c3cn(CC(=O)OCC)c4ccccc34)c2=O)=N1. The lowest BCUT2D eigenvalue weighted by atomic mass is 9.93. The molecule has 1 aliphatic rings. The monoisotopic (exact) mass is 665 g/mol. The van der Waals surface area contributed by atoms with Gasteiger partial charge >= 0.3 is 11.9 Å². The summed E-state index contributed by atoms with van der Waals surface area (Å²) in [4.78, 5) is 45.4. The second-order valence-electron chi connectivity index (χ2n) is 9.83. The van der Waals surface area contributed by atoms with Gasteiger partial charge in [-0.05, 0) is 50.6 Å². The van der Waals surface area contributed by atoms with E-state index in [0.717, 1.165) is 27.4 Å². The number of carbonyl (C=O) groups is 2. The molecule has 0 fully saturated rings. The molecular weight excluding hydrogens is 634 g/mol. The second kappa shape index (κ2) is 13.1. The van der Waals surface area contributed by atoms with Crippen LogP contribution in [0, 0.1) is 0 Å². The summed E-state index contributed by atoms with van der Waals surface area (Å²) >= 11 is 4.81. The van der Waals surface area contributed by atoms with Crippen molar-refractivity contribution >= 4 is 56.2 Å². The molecule has 0 aliphatic carbocycles. The molecule has 1 aliphatic heterocycles. The summed E-state index contributed by atoms with van der Waals surface area (Å²) in [6.07, 6.45) is 4.95. The minimum absolute atomic E-state index is 0.0510. The molecule has 5 rings (SSSR count). The van der Waals surface area contributed by atoms with Gasteiger partial charge in [-0.15, -0.1) is 0 Å². The molecule has 2 aromatic heterocycles. The fourth-order valence-electron chi connectivity index (χ4n) is 5.34. The number of halogens is 1. The van der Waals surface area contributed by atoms with Crippen molar-refractivity contribution in [1.29, 1.82) is 0 Å². The van der Waals surface area contributed by atoms with E-state index < -0.39 is 12.0 Å². The molecule has 4 aromatic rings. The highest BCUT2D eigenvalue weighted by molar-refractivity contribution is 9.10. The van der Waals surface area contributed by atoms with Gasteiger partial charge in [-0.3, -0.25) is 14.2 Å². The number of para-hydroxylation sites is 1. The van der Waals surface area contributed by atoms with Crippen molar-refractivity contribution in [3.8, 4) is 5.75 Å². The van der Waals surface area contributed by atoms with Gasteiger partial charge in [0.1, 0.15) is 18.3 Å².